The van der Waals surface area contributed by atoms with Crippen LogP contribution in [0.25, 0.3) is 0 Å². The van der Waals surface area contributed by atoms with E-state index in [1.807, 2.05) is 25.7 Å². The summed E-state index contributed by atoms with van der Waals surface area (Å²) in [5.41, 5.74) is 0. The summed E-state index contributed by atoms with van der Waals surface area (Å²) in [6.07, 6.45) is 7.33. The zero-order valence-corrected chi connectivity index (χ0v) is 4.46. The van der Waals surface area contributed by atoms with Crippen molar-refractivity contribution in [2.45, 2.75) is 0 Å². The SMILES string of the molecule is C=C(O)[C]1[CH][CH][CH][CH]1. The summed E-state index contributed by atoms with van der Waals surface area (Å²) in [6.45, 7) is 3.35. The van der Waals surface area contributed by atoms with Crippen LogP contribution in [0.15, 0.2) is 12.3 Å². The number of hydrogen-bond donors (Lipinski definition) is 1. The molecule has 1 saturated carbocycles. The maximum Gasteiger partial charge on any atom is 0.0929 e. The van der Waals surface area contributed by atoms with Gasteiger partial charge >= 0.3 is 0 Å². The summed E-state index contributed by atoms with van der Waals surface area (Å²) in [5.74, 6) is 0.931. The lowest BCUT2D eigenvalue weighted by Crippen LogP contribution is -1.92. The van der Waals surface area contributed by atoms with Gasteiger partial charge in [0.2, 0.25) is 0 Å². The van der Waals surface area contributed by atoms with Gasteiger partial charge in [-0.2, -0.15) is 0 Å². The molecule has 5 radical (unpaired) electrons. The van der Waals surface area contributed by atoms with Crippen LogP contribution in [-0.2, 0) is 0 Å². The molecule has 0 bridgehead atoms. The predicted octanol–water partition coefficient (Wildman–Crippen LogP) is 1.46. The van der Waals surface area contributed by atoms with Gasteiger partial charge in [-0.05, 0) is 25.7 Å². The van der Waals surface area contributed by atoms with Crippen LogP contribution in [0.1, 0.15) is 0 Å². The molecule has 1 heteroatoms. The molecular formula is C7H7O. The number of hydrogen-bond acceptors (Lipinski definition) is 1. The van der Waals surface area contributed by atoms with Crippen molar-refractivity contribution in [2.75, 3.05) is 0 Å². The minimum absolute atomic E-state index is 0.134. The zero-order valence-electron chi connectivity index (χ0n) is 4.46. The Labute approximate surface area is 50.0 Å². The maximum absolute atomic E-state index is 8.72. The third-order valence-electron chi connectivity index (χ3n) is 0.996. The lowest BCUT2D eigenvalue weighted by Gasteiger charge is -2.01. The quantitative estimate of drug-likeness (QED) is 0.503. The Hall–Kier alpha value is -0.460. The van der Waals surface area contributed by atoms with E-state index in [4.69, 9.17) is 5.11 Å². The predicted molar refractivity (Wildman–Crippen MR) is 32.2 cm³/mol. The van der Waals surface area contributed by atoms with Crippen LogP contribution >= 0.6 is 0 Å². The Balaban J connectivity index is 2.35. The van der Waals surface area contributed by atoms with E-state index in [9.17, 15) is 0 Å². The van der Waals surface area contributed by atoms with Gasteiger partial charge in [0.1, 0.15) is 0 Å². The van der Waals surface area contributed by atoms with E-state index in [-0.39, 0.29) is 5.76 Å². The van der Waals surface area contributed by atoms with Crippen LogP contribution in [0.3, 0.4) is 0 Å². The van der Waals surface area contributed by atoms with Gasteiger partial charge in [0.15, 0.2) is 0 Å². The van der Waals surface area contributed by atoms with Gasteiger partial charge in [0.25, 0.3) is 0 Å². The van der Waals surface area contributed by atoms with Crippen LogP contribution in [0.2, 0.25) is 0 Å². The number of rotatable bonds is 1. The third-order valence-corrected chi connectivity index (χ3v) is 0.996. The van der Waals surface area contributed by atoms with Crippen molar-refractivity contribution in [1.82, 2.24) is 0 Å². The van der Waals surface area contributed by atoms with E-state index >= 15 is 0 Å². The van der Waals surface area contributed by atoms with Crippen molar-refractivity contribution in [1.29, 1.82) is 0 Å². The molecule has 0 unspecified atom stereocenters. The van der Waals surface area contributed by atoms with Gasteiger partial charge in [-0.15, -0.1) is 0 Å². The van der Waals surface area contributed by atoms with Crippen molar-refractivity contribution in [3.63, 3.8) is 0 Å². The first-order valence-corrected chi connectivity index (χ1v) is 2.40. The third kappa shape index (κ3) is 1.03. The highest BCUT2D eigenvalue weighted by atomic mass is 16.3. The monoisotopic (exact) mass is 107 g/mol. The number of aliphatic hydroxyl groups excluding tert-OH is 1. The Morgan fingerprint density at radius 1 is 1.38 bits per heavy atom. The first kappa shape index (κ1) is 5.67. The van der Waals surface area contributed by atoms with E-state index in [0.717, 1.165) is 5.92 Å². The molecule has 1 aliphatic rings. The summed E-state index contributed by atoms with van der Waals surface area (Å²) in [7, 11) is 0. The van der Waals surface area contributed by atoms with Crippen molar-refractivity contribution in [2.24, 2.45) is 0 Å². The average Bonchev–Trinajstić information content (AvgIpc) is 2.12. The van der Waals surface area contributed by atoms with Crippen LogP contribution < -0.4 is 0 Å². The van der Waals surface area contributed by atoms with Gasteiger partial charge in [-0.25, -0.2) is 0 Å². The minimum atomic E-state index is 0.134. The second kappa shape index (κ2) is 2.21. The maximum atomic E-state index is 8.72. The summed E-state index contributed by atoms with van der Waals surface area (Å²) >= 11 is 0. The lowest BCUT2D eigenvalue weighted by molar-refractivity contribution is 0.416. The first-order valence-electron chi connectivity index (χ1n) is 2.40. The normalized spacial score (nSPS) is 21.5. The van der Waals surface area contributed by atoms with Crippen molar-refractivity contribution in [3.05, 3.63) is 43.9 Å². The molecule has 0 aromatic heterocycles. The Kier molecular flexibility index (Phi) is 1.56. The molecule has 0 aromatic carbocycles. The minimum Gasteiger partial charge on any atom is -0.512 e. The van der Waals surface area contributed by atoms with Crippen LogP contribution in [-0.4, -0.2) is 5.11 Å². The average molecular weight is 107 g/mol. The smallest absolute Gasteiger partial charge is 0.0929 e. The standard InChI is InChI=1S/C7H7O/c1-6(8)7-4-2-3-5-7/h2-5,8H,1H2. The van der Waals surface area contributed by atoms with E-state index in [0.29, 0.717) is 0 Å². The van der Waals surface area contributed by atoms with Crippen molar-refractivity contribution in [3.8, 4) is 0 Å². The Morgan fingerprint density at radius 2 is 1.88 bits per heavy atom. The van der Waals surface area contributed by atoms with E-state index in [2.05, 4.69) is 6.58 Å². The first-order chi connectivity index (χ1) is 3.80. The van der Waals surface area contributed by atoms with Crippen LogP contribution in [0, 0.1) is 31.6 Å². The largest absolute Gasteiger partial charge is 0.512 e. The van der Waals surface area contributed by atoms with E-state index in [1.165, 1.54) is 0 Å². The molecule has 41 valence electrons. The van der Waals surface area contributed by atoms with Crippen molar-refractivity contribution < 1.29 is 5.11 Å². The molecule has 1 nitrogen and oxygen atoms in total. The fraction of sp³-hybridized carbons (Fsp3) is 0. The molecule has 0 amide bonds. The molecule has 1 rings (SSSR count). The second-order valence-electron chi connectivity index (χ2n) is 1.62. The number of allylic oxidation sites excluding steroid dienone is 1. The number of aliphatic hydroxyl groups is 1. The zero-order chi connectivity index (χ0) is 5.98. The molecule has 0 aliphatic heterocycles. The summed E-state index contributed by atoms with van der Waals surface area (Å²) in [6, 6.07) is 0. The van der Waals surface area contributed by atoms with Crippen LogP contribution in [0.4, 0.5) is 0 Å². The van der Waals surface area contributed by atoms with Gasteiger partial charge in [-0.3, -0.25) is 0 Å². The lowest BCUT2D eigenvalue weighted by atomic mass is 10.1. The fourth-order valence-corrected chi connectivity index (χ4v) is 0.566. The van der Waals surface area contributed by atoms with Gasteiger partial charge in [0.05, 0.1) is 5.76 Å². The highest BCUT2D eigenvalue weighted by molar-refractivity contribution is 5.43. The molecule has 0 saturated heterocycles. The topological polar surface area (TPSA) is 20.2 Å². The molecule has 0 atom stereocenters. The fourth-order valence-electron chi connectivity index (χ4n) is 0.566. The molecule has 1 aliphatic carbocycles. The summed E-state index contributed by atoms with van der Waals surface area (Å²) < 4.78 is 0. The Bertz CT molecular complexity index is 90.6. The second-order valence-corrected chi connectivity index (χ2v) is 1.62. The molecule has 1 fully saturated rings. The highest BCUT2D eigenvalue weighted by Gasteiger charge is 2.18. The van der Waals surface area contributed by atoms with Gasteiger partial charge in [0, 0.05) is 5.92 Å². The van der Waals surface area contributed by atoms with Gasteiger partial charge in [-0.1, -0.05) is 6.58 Å². The van der Waals surface area contributed by atoms with E-state index in [1.54, 1.807) is 0 Å². The Morgan fingerprint density at radius 3 is 2.12 bits per heavy atom. The van der Waals surface area contributed by atoms with E-state index < -0.39 is 0 Å². The molecule has 0 aromatic rings. The molecule has 0 spiro atoms. The molecule has 8 heavy (non-hydrogen) atoms. The van der Waals surface area contributed by atoms with Crippen molar-refractivity contribution >= 4 is 0 Å². The van der Waals surface area contributed by atoms with Crippen LogP contribution in [0.5, 0.6) is 0 Å². The molecule has 1 N–H and O–H groups in total. The summed E-state index contributed by atoms with van der Waals surface area (Å²) in [4.78, 5) is 0. The van der Waals surface area contributed by atoms with Gasteiger partial charge < -0.3 is 5.11 Å². The molecular weight excluding hydrogens is 100 g/mol. The summed E-state index contributed by atoms with van der Waals surface area (Å²) in [5, 5.41) is 8.72. The molecule has 0 heterocycles. The highest BCUT2D eigenvalue weighted by Crippen LogP contribution is 2.26.